The number of likely N-dealkylation sites (N-methyl/N-ethyl adjacent to an activating group) is 2. The highest BCUT2D eigenvalue weighted by atomic mass is 16.6. The number of aliphatic hydroxyl groups excluding tert-OH is 2. The highest BCUT2D eigenvalue weighted by molar-refractivity contribution is 5.70. The van der Waals surface area contributed by atoms with Gasteiger partial charge in [0.25, 0.3) is 0 Å². The van der Waals surface area contributed by atoms with Crippen LogP contribution in [0, 0.1) is 11.8 Å². The molecule has 0 aromatic carbocycles. The Balaban J connectivity index is 2.26. The van der Waals surface area contributed by atoms with E-state index in [2.05, 4.69) is 5.32 Å². The average molecular weight is 639 g/mol. The Morgan fingerprint density at radius 2 is 2.04 bits per heavy atom. The van der Waals surface area contributed by atoms with E-state index in [1.54, 1.807) is 45.3 Å². The van der Waals surface area contributed by atoms with Crippen LogP contribution in [0.1, 0.15) is 73.6 Å². The number of esters is 1. The van der Waals surface area contributed by atoms with E-state index in [4.69, 9.17) is 18.9 Å². The first-order valence-corrected chi connectivity index (χ1v) is 16.2. The maximum atomic E-state index is 12.9. The van der Waals surface area contributed by atoms with Crippen molar-refractivity contribution in [3.8, 4) is 0 Å². The van der Waals surface area contributed by atoms with Gasteiger partial charge in [-0.15, -0.1) is 0 Å². The number of epoxide rings is 1. The molecule has 1 amide bonds. The highest BCUT2D eigenvalue weighted by Gasteiger charge is 2.47. The molecular formula is C34H58N2O9. The summed E-state index contributed by atoms with van der Waals surface area (Å²) in [5, 5.41) is 34.8. The smallest absolute Gasteiger partial charge is 0.410 e. The third kappa shape index (κ3) is 12.1. The fraction of sp³-hybridized carbons (Fsp3) is 0.765. The fourth-order valence-corrected chi connectivity index (χ4v) is 5.58. The van der Waals surface area contributed by atoms with Gasteiger partial charge < -0.3 is 44.5 Å². The summed E-state index contributed by atoms with van der Waals surface area (Å²) in [6.07, 6.45) is 6.72. The first-order valence-electron chi connectivity index (χ1n) is 16.2. The summed E-state index contributed by atoms with van der Waals surface area (Å²) >= 11 is 0. The Kier molecular flexibility index (Phi) is 15.2. The summed E-state index contributed by atoms with van der Waals surface area (Å²) in [4.78, 5) is 27.3. The Labute approximate surface area is 269 Å². The normalized spacial score (nSPS) is 33.2. The number of amides is 1. The lowest BCUT2D eigenvalue weighted by molar-refractivity contribution is -0.151. The molecule has 1 fully saturated rings. The van der Waals surface area contributed by atoms with Crippen LogP contribution in [-0.2, 0) is 23.7 Å². The monoisotopic (exact) mass is 638 g/mol. The fourth-order valence-electron chi connectivity index (χ4n) is 5.58. The summed E-state index contributed by atoms with van der Waals surface area (Å²) in [6, 6.07) is 0. The standard InChI is InChI=1S/C34H58N2O9/c1-10-26(38)24(4)31-27(43-31)21-33(5,41)16-11-12-22(2)30-23(3)13-14-28(44-32(40)36(8)19-18-35-7)34(6,42-9)17-15-25(37)20-29(39)45-30/h11-14,16,23-28,30-31,35,37-38,41H,10,15,17-21H2,1-9H3/b14-13-,16-11+,22-12+/t23-,24+,25-,26+,27+,28-,30+,31+,33+,34-/m0/s1. The van der Waals surface area contributed by atoms with Crippen molar-refractivity contribution in [1.82, 2.24) is 10.2 Å². The van der Waals surface area contributed by atoms with Crippen LogP contribution in [0.3, 0.4) is 0 Å². The molecule has 11 heteroatoms. The van der Waals surface area contributed by atoms with E-state index in [1.165, 1.54) is 12.0 Å². The van der Waals surface area contributed by atoms with E-state index >= 15 is 0 Å². The number of carbonyl (C=O) groups excluding carboxylic acids is 2. The van der Waals surface area contributed by atoms with E-state index in [1.807, 2.05) is 40.7 Å². The number of nitrogens with one attached hydrogen (secondary N) is 1. The zero-order valence-corrected chi connectivity index (χ0v) is 28.7. The van der Waals surface area contributed by atoms with Crippen molar-refractivity contribution < 1.29 is 43.9 Å². The van der Waals surface area contributed by atoms with Crippen molar-refractivity contribution in [2.45, 2.75) is 121 Å². The molecule has 0 aromatic heterocycles. The molecule has 4 N–H and O–H groups in total. The van der Waals surface area contributed by atoms with E-state index in [0.29, 0.717) is 32.4 Å². The van der Waals surface area contributed by atoms with Crippen molar-refractivity contribution >= 4 is 12.1 Å². The van der Waals surface area contributed by atoms with Gasteiger partial charge in [0, 0.05) is 45.5 Å². The van der Waals surface area contributed by atoms with Crippen molar-refractivity contribution in [2.24, 2.45) is 11.8 Å². The molecule has 11 nitrogen and oxygen atoms in total. The van der Waals surface area contributed by atoms with Gasteiger partial charge in [0.05, 0.1) is 36.4 Å². The molecule has 0 bridgehead atoms. The lowest BCUT2D eigenvalue weighted by Crippen LogP contribution is -2.46. The molecule has 1 saturated heterocycles. The number of carbonyl (C=O) groups is 2. The third-order valence-corrected chi connectivity index (χ3v) is 9.05. The van der Waals surface area contributed by atoms with Gasteiger partial charge in [-0.2, -0.15) is 0 Å². The van der Waals surface area contributed by atoms with E-state index < -0.39 is 47.7 Å². The van der Waals surface area contributed by atoms with Gasteiger partial charge in [-0.05, 0) is 58.7 Å². The van der Waals surface area contributed by atoms with Crippen LogP contribution in [0.2, 0.25) is 0 Å². The third-order valence-electron chi connectivity index (χ3n) is 9.05. The van der Waals surface area contributed by atoms with Crippen LogP contribution in [0.25, 0.3) is 0 Å². The Morgan fingerprint density at radius 1 is 1.36 bits per heavy atom. The molecule has 2 heterocycles. The van der Waals surface area contributed by atoms with Crippen molar-refractivity contribution in [2.75, 3.05) is 34.3 Å². The van der Waals surface area contributed by atoms with Gasteiger partial charge >= 0.3 is 12.1 Å². The SMILES string of the molecule is CC[C@@H](O)[C@@H](C)[C@H]1O[C@@H]1C[C@](C)(O)/C=C/C=C(\C)[C@H]1OC(=O)C[C@@H](O)CC[C@](C)(OC)[C@@H](OC(=O)N(C)CCNC)/C=C\[C@@H]1C. The lowest BCUT2D eigenvalue weighted by Gasteiger charge is -2.36. The van der Waals surface area contributed by atoms with E-state index in [-0.39, 0.29) is 36.9 Å². The van der Waals surface area contributed by atoms with Gasteiger partial charge in [0.1, 0.15) is 11.7 Å². The number of ether oxygens (including phenoxy) is 4. The minimum absolute atomic E-state index is 0.00472. The van der Waals surface area contributed by atoms with Gasteiger partial charge in [-0.3, -0.25) is 4.79 Å². The molecule has 2 aliphatic heterocycles. The average Bonchev–Trinajstić information content (AvgIpc) is 3.75. The molecular weight excluding hydrogens is 580 g/mol. The zero-order chi connectivity index (χ0) is 33.9. The molecule has 258 valence electrons. The first-order chi connectivity index (χ1) is 21.1. The molecule has 0 unspecified atom stereocenters. The predicted octanol–water partition coefficient (Wildman–Crippen LogP) is 3.51. The number of cyclic esters (lactones) is 1. The zero-order valence-electron chi connectivity index (χ0n) is 28.7. The quantitative estimate of drug-likeness (QED) is 0.102. The van der Waals surface area contributed by atoms with Crippen molar-refractivity contribution in [3.05, 3.63) is 36.0 Å². The van der Waals surface area contributed by atoms with Gasteiger partial charge in [-0.1, -0.05) is 45.1 Å². The lowest BCUT2D eigenvalue weighted by atomic mass is 9.88. The number of rotatable bonds is 13. The molecule has 45 heavy (non-hydrogen) atoms. The second-order valence-electron chi connectivity index (χ2n) is 13.2. The van der Waals surface area contributed by atoms with Crippen molar-refractivity contribution in [3.63, 3.8) is 0 Å². The maximum Gasteiger partial charge on any atom is 0.410 e. The Morgan fingerprint density at radius 3 is 2.67 bits per heavy atom. The molecule has 0 spiro atoms. The Bertz CT molecular complexity index is 1040. The van der Waals surface area contributed by atoms with Crippen LogP contribution >= 0.6 is 0 Å². The van der Waals surface area contributed by atoms with Crippen LogP contribution in [0.4, 0.5) is 4.79 Å². The minimum atomic E-state index is -1.14. The van der Waals surface area contributed by atoms with Crippen LogP contribution < -0.4 is 5.32 Å². The number of methoxy groups -OCH3 is 1. The second-order valence-corrected chi connectivity index (χ2v) is 13.2. The van der Waals surface area contributed by atoms with Gasteiger partial charge in [-0.25, -0.2) is 4.79 Å². The molecule has 0 aromatic rings. The van der Waals surface area contributed by atoms with E-state index in [9.17, 15) is 24.9 Å². The van der Waals surface area contributed by atoms with Gasteiger partial charge in [0.15, 0.2) is 6.10 Å². The summed E-state index contributed by atoms with van der Waals surface area (Å²) in [6.45, 7) is 12.2. The molecule has 2 aliphatic rings. The van der Waals surface area contributed by atoms with Crippen LogP contribution in [0.15, 0.2) is 36.0 Å². The maximum absolute atomic E-state index is 12.9. The molecule has 0 radical (unpaired) electrons. The highest BCUT2D eigenvalue weighted by Crippen LogP contribution is 2.37. The van der Waals surface area contributed by atoms with Crippen LogP contribution in [0.5, 0.6) is 0 Å². The first kappa shape index (κ1) is 38.9. The molecule has 0 saturated carbocycles. The predicted molar refractivity (Wildman–Crippen MR) is 173 cm³/mol. The summed E-state index contributed by atoms with van der Waals surface area (Å²) in [5.74, 6) is -0.854. The second kappa shape index (κ2) is 17.6. The largest absolute Gasteiger partial charge is 0.457 e. The van der Waals surface area contributed by atoms with Crippen LogP contribution in [-0.4, -0.2) is 114 Å². The topological polar surface area (TPSA) is 150 Å². The molecule has 2 rings (SSSR count). The number of hydrogen-bond donors (Lipinski definition) is 4. The number of allylic oxidation sites excluding steroid dienone is 2. The minimum Gasteiger partial charge on any atom is -0.457 e. The number of aliphatic hydroxyl groups is 3. The number of hydrogen-bond acceptors (Lipinski definition) is 10. The summed E-state index contributed by atoms with van der Waals surface area (Å²) in [7, 11) is 5.01. The van der Waals surface area contributed by atoms with E-state index in [0.717, 1.165) is 5.57 Å². The molecule has 0 aliphatic carbocycles. The summed E-state index contributed by atoms with van der Waals surface area (Å²) in [5.41, 5.74) is -1.37. The summed E-state index contributed by atoms with van der Waals surface area (Å²) < 4.78 is 23.4. The Hall–Kier alpha value is -2.28. The van der Waals surface area contributed by atoms with Crippen molar-refractivity contribution in [1.29, 1.82) is 0 Å². The molecule has 10 atom stereocenters. The van der Waals surface area contributed by atoms with Gasteiger partial charge in [0.2, 0.25) is 0 Å². The number of nitrogens with zero attached hydrogens (tertiary/aromatic N) is 1.